The average Bonchev–Trinajstić information content (AvgIpc) is 2.32. The van der Waals surface area contributed by atoms with Crippen LogP contribution >= 0.6 is 27.5 Å². The van der Waals surface area contributed by atoms with E-state index in [1.165, 1.54) is 18.2 Å². The monoisotopic (exact) mass is 321 g/mol. The summed E-state index contributed by atoms with van der Waals surface area (Å²) in [7, 11) is 0. The molecule has 2 nitrogen and oxygen atoms in total. The molecule has 0 saturated carbocycles. The highest BCUT2D eigenvalue weighted by Crippen LogP contribution is 2.19. The predicted molar refractivity (Wildman–Crippen MR) is 71.4 cm³/mol. The van der Waals surface area contributed by atoms with Crippen LogP contribution in [-0.2, 0) is 0 Å². The van der Waals surface area contributed by atoms with Gasteiger partial charge in [0.2, 0.25) is 0 Å². The van der Waals surface area contributed by atoms with E-state index < -0.39 is 5.82 Å². The SMILES string of the molecule is CCC(Br)CCNC(=O)c1cccc(F)c1Cl. The number of halogens is 3. The van der Waals surface area contributed by atoms with E-state index in [0.29, 0.717) is 11.4 Å². The van der Waals surface area contributed by atoms with Crippen LogP contribution in [0.5, 0.6) is 0 Å². The zero-order chi connectivity index (χ0) is 12.8. The average molecular weight is 323 g/mol. The lowest BCUT2D eigenvalue weighted by molar-refractivity contribution is 0.0953. The van der Waals surface area contributed by atoms with E-state index in [1.807, 2.05) is 0 Å². The maximum atomic E-state index is 13.1. The van der Waals surface area contributed by atoms with Crippen LogP contribution in [0.4, 0.5) is 4.39 Å². The summed E-state index contributed by atoms with van der Waals surface area (Å²) in [5, 5.41) is 2.58. The van der Waals surface area contributed by atoms with Gasteiger partial charge in [0.25, 0.3) is 5.91 Å². The Labute approximate surface area is 114 Å². The molecule has 1 unspecified atom stereocenters. The van der Waals surface area contributed by atoms with Gasteiger partial charge in [0.1, 0.15) is 5.82 Å². The van der Waals surface area contributed by atoms with Crippen molar-refractivity contribution in [3.63, 3.8) is 0 Å². The van der Waals surface area contributed by atoms with Gasteiger partial charge in [-0.3, -0.25) is 4.79 Å². The van der Waals surface area contributed by atoms with E-state index in [4.69, 9.17) is 11.6 Å². The minimum absolute atomic E-state index is 0.129. The zero-order valence-corrected chi connectivity index (χ0v) is 11.8. The Balaban J connectivity index is 2.56. The number of nitrogens with one attached hydrogen (secondary N) is 1. The molecule has 0 fully saturated rings. The van der Waals surface area contributed by atoms with E-state index in [-0.39, 0.29) is 16.5 Å². The Hall–Kier alpha value is -0.610. The molecule has 0 spiro atoms. The second-order valence-corrected chi connectivity index (χ2v) is 5.32. The van der Waals surface area contributed by atoms with Crippen LogP contribution in [0.25, 0.3) is 0 Å². The van der Waals surface area contributed by atoms with Crippen molar-refractivity contribution in [3.05, 3.63) is 34.6 Å². The fourth-order valence-corrected chi connectivity index (χ4v) is 1.76. The lowest BCUT2D eigenvalue weighted by atomic mass is 10.2. The maximum Gasteiger partial charge on any atom is 0.252 e. The van der Waals surface area contributed by atoms with Gasteiger partial charge in [0, 0.05) is 11.4 Å². The molecule has 5 heteroatoms. The first-order valence-corrected chi connectivity index (χ1v) is 6.72. The summed E-state index contributed by atoms with van der Waals surface area (Å²) < 4.78 is 13.1. The van der Waals surface area contributed by atoms with Gasteiger partial charge < -0.3 is 5.32 Å². The molecule has 1 aromatic carbocycles. The van der Waals surface area contributed by atoms with E-state index in [2.05, 4.69) is 28.2 Å². The molecular weight excluding hydrogens is 308 g/mol. The van der Waals surface area contributed by atoms with Crippen LogP contribution in [0.2, 0.25) is 5.02 Å². The van der Waals surface area contributed by atoms with Gasteiger partial charge in [0.05, 0.1) is 10.6 Å². The van der Waals surface area contributed by atoms with E-state index >= 15 is 0 Å². The highest BCUT2D eigenvalue weighted by atomic mass is 79.9. The summed E-state index contributed by atoms with van der Waals surface area (Å²) in [5.74, 6) is -0.920. The molecular formula is C12H14BrClFNO. The molecule has 1 N–H and O–H groups in total. The van der Waals surface area contributed by atoms with Crippen LogP contribution in [0, 0.1) is 5.82 Å². The van der Waals surface area contributed by atoms with E-state index in [9.17, 15) is 9.18 Å². The van der Waals surface area contributed by atoms with Crippen LogP contribution < -0.4 is 5.32 Å². The van der Waals surface area contributed by atoms with Crippen molar-refractivity contribution < 1.29 is 9.18 Å². The number of rotatable bonds is 5. The first-order chi connectivity index (χ1) is 8.06. The van der Waals surface area contributed by atoms with Gasteiger partial charge in [-0.15, -0.1) is 0 Å². The fourth-order valence-electron chi connectivity index (χ4n) is 1.32. The number of carbonyl (C=O) groups is 1. The third-order valence-electron chi connectivity index (χ3n) is 2.38. The Bertz CT molecular complexity index is 400. The molecule has 0 aliphatic rings. The molecule has 1 atom stereocenters. The smallest absolute Gasteiger partial charge is 0.252 e. The first kappa shape index (κ1) is 14.5. The Morgan fingerprint density at radius 1 is 1.59 bits per heavy atom. The van der Waals surface area contributed by atoms with Crippen molar-refractivity contribution in [3.8, 4) is 0 Å². The third-order valence-corrected chi connectivity index (χ3v) is 3.87. The van der Waals surface area contributed by atoms with Crippen molar-refractivity contribution >= 4 is 33.4 Å². The highest BCUT2D eigenvalue weighted by molar-refractivity contribution is 9.09. The summed E-state index contributed by atoms with van der Waals surface area (Å²) >= 11 is 9.18. The molecule has 0 aliphatic heterocycles. The minimum Gasteiger partial charge on any atom is -0.352 e. The highest BCUT2D eigenvalue weighted by Gasteiger charge is 2.13. The Kier molecular flexibility index (Phi) is 5.92. The Morgan fingerprint density at radius 2 is 2.29 bits per heavy atom. The van der Waals surface area contributed by atoms with Gasteiger partial charge in [0.15, 0.2) is 0 Å². The van der Waals surface area contributed by atoms with Crippen molar-refractivity contribution in [2.75, 3.05) is 6.54 Å². The first-order valence-electron chi connectivity index (χ1n) is 5.42. The Morgan fingerprint density at radius 3 is 2.94 bits per heavy atom. The molecule has 1 amide bonds. The van der Waals surface area contributed by atoms with Gasteiger partial charge in [-0.05, 0) is 25.0 Å². The predicted octanol–water partition coefficient (Wildman–Crippen LogP) is 3.77. The summed E-state index contributed by atoms with van der Waals surface area (Å²) in [6.45, 7) is 2.60. The summed E-state index contributed by atoms with van der Waals surface area (Å²) in [6, 6.07) is 4.20. The van der Waals surface area contributed by atoms with Gasteiger partial charge in [-0.2, -0.15) is 0 Å². The zero-order valence-electron chi connectivity index (χ0n) is 9.47. The van der Waals surface area contributed by atoms with Crippen LogP contribution in [0.3, 0.4) is 0 Å². The minimum atomic E-state index is -0.578. The standard InChI is InChI=1S/C12H14BrClFNO/c1-2-8(13)6-7-16-12(17)9-4-3-5-10(15)11(9)14/h3-5,8H,2,6-7H2,1H3,(H,16,17). The largest absolute Gasteiger partial charge is 0.352 e. The van der Waals surface area contributed by atoms with Crippen molar-refractivity contribution in [2.24, 2.45) is 0 Å². The number of benzene rings is 1. The van der Waals surface area contributed by atoms with Crippen molar-refractivity contribution in [2.45, 2.75) is 24.6 Å². The third kappa shape index (κ3) is 4.28. The molecule has 1 aromatic rings. The van der Waals surface area contributed by atoms with Crippen LogP contribution in [-0.4, -0.2) is 17.3 Å². The number of alkyl halides is 1. The van der Waals surface area contributed by atoms with Crippen LogP contribution in [0.15, 0.2) is 18.2 Å². The maximum absolute atomic E-state index is 13.1. The van der Waals surface area contributed by atoms with E-state index in [1.54, 1.807) is 0 Å². The fraction of sp³-hybridized carbons (Fsp3) is 0.417. The molecule has 0 saturated heterocycles. The molecule has 94 valence electrons. The summed E-state index contributed by atoms with van der Waals surface area (Å²) in [4.78, 5) is 12.1. The van der Waals surface area contributed by atoms with E-state index in [0.717, 1.165) is 12.8 Å². The normalized spacial score (nSPS) is 12.2. The number of carbonyl (C=O) groups excluding carboxylic acids is 1. The molecule has 0 aromatic heterocycles. The molecule has 0 radical (unpaired) electrons. The summed E-state index contributed by atoms with van der Waals surface area (Å²) in [5.41, 5.74) is 0.175. The quantitative estimate of drug-likeness (QED) is 0.821. The number of hydrogen-bond donors (Lipinski definition) is 1. The molecule has 1 rings (SSSR count). The topological polar surface area (TPSA) is 29.1 Å². The lowest BCUT2D eigenvalue weighted by Gasteiger charge is -2.09. The lowest BCUT2D eigenvalue weighted by Crippen LogP contribution is -2.26. The number of amides is 1. The number of hydrogen-bond acceptors (Lipinski definition) is 1. The second kappa shape index (κ2) is 6.97. The second-order valence-electron chi connectivity index (χ2n) is 3.65. The molecule has 17 heavy (non-hydrogen) atoms. The van der Waals surface area contributed by atoms with Crippen LogP contribution in [0.1, 0.15) is 30.1 Å². The van der Waals surface area contributed by atoms with Crippen molar-refractivity contribution in [1.29, 1.82) is 0 Å². The van der Waals surface area contributed by atoms with Gasteiger partial charge >= 0.3 is 0 Å². The molecule has 0 aliphatic carbocycles. The van der Waals surface area contributed by atoms with Crippen molar-refractivity contribution in [1.82, 2.24) is 5.32 Å². The van der Waals surface area contributed by atoms with Gasteiger partial charge in [-0.25, -0.2) is 4.39 Å². The molecule has 0 bridgehead atoms. The molecule has 0 heterocycles. The van der Waals surface area contributed by atoms with Gasteiger partial charge in [-0.1, -0.05) is 40.5 Å². The summed E-state index contributed by atoms with van der Waals surface area (Å²) in [6.07, 6.45) is 1.83.